The molecular weight excluding hydrogens is 356 g/mol. The Bertz CT molecular complexity index is 784. The summed E-state index contributed by atoms with van der Waals surface area (Å²) in [6.45, 7) is 2.75. The second-order valence-electron chi connectivity index (χ2n) is 4.90. The lowest BCUT2D eigenvalue weighted by molar-refractivity contribution is 0.0512. The minimum absolute atomic E-state index is 0.0330. The Labute approximate surface area is 144 Å². The summed E-state index contributed by atoms with van der Waals surface area (Å²) < 4.78 is 42.3. The van der Waals surface area contributed by atoms with Gasteiger partial charge in [-0.15, -0.1) is 0 Å². The first-order valence-corrected chi connectivity index (χ1v) is 8.99. The highest BCUT2D eigenvalue weighted by molar-refractivity contribution is 7.87. The molecule has 8 heteroatoms. The summed E-state index contributed by atoms with van der Waals surface area (Å²) in [5.41, 5.74) is 0.294. The molecule has 0 fully saturated rings. The van der Waals surface area contributed by atoms with E-state index in [4.69, 9.17) is 4.74 Å². The van der Waals surface area contributed by atoms with Gasteiger partial charge in [0.25, 0.3) is 6.08 Å². The fourth-order valence-corrected chi connectivity index (χ4v) is 4.10. The van der Waals surface area contributed by atoms with E-state index in [9.17, 15) is 17.8 Å². The van der Waals surface area contributed by atoms with E-state index in [1.807, 2.05) is 6.07 Å². The number of rotatable bonds is 6. The summed E-state index contributed by atoms with van der Waals surface area (Å²) in [4.78, 5) is 17.0. The Morgan fingerprint density at radius 2 is 1.96 bits per heavy atom. The Hall–Kier alpha value is -1.93. The van der Waals surface area contributed by atoms with Gasteiger partial charge in [-0.25, -0.2) is 14.0 Å². The molecule has 0 spiro atoms. The van der Waals surface area contributed by atoms with Crippen LogP contribution in [0.1, 0.15) is 28.7 Å². The molecule has 0 aliphatic heterocycles. The lowest BCUT2D eigenvalue weighted by Crippen LogP contribution is -2.06. The molecule has 0 aliphatic rings. The second kappa shape index (κ2) is 8.25. The number of thiazole rings is 1. The van der Waals surface area contributed by atoms with Crippen LogP contribution in [-0.2, 0) is 15.5 Å². The van der Waals surface area contributed by atoms with Crippen LogP contribution in [-0.4, -0.2) is 21.8 Å². The van der Waals surface area contributed by atoms with Crippen LogP contribution in [0.3, 0.4) is 0 Å². The first kappa shape index (κ1) is 18.4. The number of carbonyl (C=O) groups excluding carboxylic acids is 1. The first-order chi connectivity index (χ1) is 11.4. The van der Waals surface area contributed by atoms with Gasteiger partial charge in [-0.05, 0) is 31.6 Å². The van der Waals surface area contributed by atoms with E-state index in [0.717, 1.165) is 11.3 Å². The molecule has 0 amide bonds. The van der Waals surface area contributed by atoms with E-state index in [1.165, 1.54) is 6.92 Å². The molecule has 1 atom stereocenters. The molecule has 2 rings (SSSR count). The molecule has 128 valence electrons. The predicted molar refractivity (Wildman–Crippen MR) is 87.8 cm³/mol. The number of aromatic nitrogens is 1. The van der Waals surface area contributed by atoms with Crippen LogP contribution in [0, 0.1) is 6.92 Å². The number of hydrogen-bond donors (Lipinski definition) is 0. The van der Waals surface area contributed by atoms with E-state index in [1.54, 1.807) is 31.2 Å². The van der Waals surface area contributed by atoms with Gasteiger partial charge in [0.05, 0.1) is 12.3 Å². The standard InChI is InChI=1S/C16H15F2NO3S2/c1-10(14(17)18)8-9-22-15(20)13-11(2)19-16(23-13)24(21)12-6-4-3-5-7-12/h3-7H,8-9H2,1-2H3. The third-order valence-electron chi connectivity index (χ3n) is 3.11. The number of carbonyl (C=O) groups is 1. The van der Waals surface area contributed by atoms with Gasteiger partial charge in [0.15, 0.2) is 4.34 Å². The van der Waals surface area contributed by atoms with Crippen molar-refractivity contribution in [2.45, 2.75) is 29.5 Å². The Morgan fingerprint density at radius 1 is 1.29 bits per heavy atom. The van der Waals surface area contributed by atoms with Crippen molar-refractivity contribution >= 4 is 28.1 Å². The summed E-state index contributed by atoms with van der Waals surface area (Å²) >= 11 is 0.990. The average molecular weight is 371 g/mol. The molecule has 1 aromatic heterocycles. The van der Waals surface area contributed by atoms with E-state index >= 15 is 0 Å². The molecule has 0 N–H and O–H groups in total. The molecule has 0 saturated carbocycles. The van der Waals surface area contributed by atoms with Crippen molar-refractivity contribution in [2.75, 3.05) is 6.61 Å². The fraction of sp³-hybridized carbons (Fsp3) is 0.250. The smallest absolute Gasteiger partial charge is 0.350 e. The molecule has 1 heterocycles. The summed E-state index contributed by atoms with van der Waals surface area (Å²) in [6.07, 6.45) is -1.80. The summed E-state index contributed by atoms with van der Waals surface area (Å²) in [7, 11) is -1.48. The molecule has 0 radical (unpaired) electrons. The minimum atomic E-state index is -1.76. The van der Waals surface area contributed by atoms with Crippen molar-refractivity contribution in [3.8, 4) is 0 Å². The monoisotopic (exact) mass is 371 g/mol. The van der Waals surface area contributed by atoms with Crippen LogP contribution >= 0.6 is 11.3 Å². The largest absolute Gasteiger partial charge is 0.461 e. The summed E-state index contributed by atoms with van der Waals surface area (Å²) in [6, 6.07) is 8.77. The van der Waals surface area contributed by atoms with Gasteiger partial charge >= 0.3 is 5.97 Å². The van der Waals surface area contributed by atoms with Gasteiger partial charge in [0.2, 0.25) is 0 Å². The number of ether oxygens (including phenoxy) is 1. The van der Waals surface area contributed by atoms with Gasteiger partial charge in [0.1, 0.15) is 15.7 Å². The van der Waals surface area contributed by atoms with Gasteiger partial charge in [0, 0.05) is 11.3 Å². The maximum absolute atomic E-state index is 12.4. The molecule has 4 nitrogen and oxygen atoms in total. The van der Waals surface area contributed by atoms with Crippen molar-refractivity contribution in [3.05, 3.63) is 52.6 Å². The first-order valence-electron chi connectivity index (χ1n) is 7.02. The highest BCUT2D eigenvalue weighted by Gasteiger charge is 2.20. The zero-order valence-corrected chi connectivity index (χ0v) is 14.7. The molecule has 0 aliphatic carbocycles. The van der Waals surface area contributed by atoms with Crippen LogP contribution in [0.2, 0.25) is 0 Å². The Balaban J connectivity index is 2.07. The second-order valence-corrected chi connectivity index (χ2v) is 7.56. The summed E-state index contributed by atoms with van der Waals surface area (Å²) in [5, 5.41) is 0. The lowest BCUT2D eigenvalue weighted by atomic mass is 10.2. The Morgan fingerprint density at radius 3 is 2.58 bits per heavy atom. The maximum Gasteiger partial charge on any atom is 0.350 e. The van der Waals surface area contributed by atoms with Crippen LogP contribution in [0.25, 0.3) is 0 Å². The number of benzene rings is 1. The zero-order chi connectivity index (χ0) is 17.7. The van der Waals surface area contributed by atoms with Crippen LogP contribution in [0.4, 0.5) is 8.78 Å². The van der Waals surface area contributed by atoms with E-state index in [2.05, 4.69) is 4.98 Å². The van der Waals surface area contributed by atoms with E-state index in [0.29, 0.717) is 14.9 Å². The van der Waals surface area contributed by atoms with Crippen molar-refractivity contribution in [2.24, 2.45) is 0 Å². The van der Waals surface area contributed by atoms with E-state index < -0.39 is 22.8 Å². The highest BCUT2D eigenvalue weighted by Crippen LogP contribution is 2.25. The third kappa shape index (κ3) is 4.55. The van der Waals surface area contributed by atoms with Crippen molar-refractivity contribution in [1.82, 2.24) is 4.98 Å². The average Bonchev–Trinajstić information content (AvgIpc) is 2.96. The SMILES string of the molecule is CC(CCOC(=O)c1sc(S(=O)c2ccccc2)nc1C)=C(F)F. The quantitative estimate of drug-likeness (QED) is 0.709. The zero-order valence-electron chi connectivity index (χ0n) is 13.0. The van der Waals surface area contributed by atoms with Crippen LogP contribution in [0.5, 0.6) is 0 Å². The van der Waals surface area contributed by atoms with Crippen molar-refractivity contribution in [3.63, 3.8) is 0 Å². The molecule has 1 aromatic carbocycles. The number of halogens is 2. The minimum Gasteiger partial charge on any atom is -0.461 e. The third-order valence-corrected chi connectivity index (χ3v) is 5.86. The fourth-order valence-electron chi connectivity index (χ4n) is 1.74. The molecule has 1 unspecified atom stereocenters. The van der Waals surface area contributed by atoms with Crippen LogP contribution in [0.15, 0.2) is 51.2 Å². The summed E-state index contributed by atoms with van der Waals surface area (Å²) in [5.74, 6) is -0.645. The number of aryl methyl sites for hydroxylation is 1. The molecule has 24 heavy (non-hydrogen) atoms. The van der Waals surface area contributed by atoms with Gasteiger partial charge in [-0.3, -0.25) is 0 Å². The lowest BCUT2D eigenvalue weighted by Gasteiger charge is -2.03. The number of hydrogen-bond acceptors (Lipinski definition) is 5. The number of nitrogens with zero attached hydrogens (tertiary/aromatic N) is 1. The van der Waals surface area contributed by atoms with Gasteiger partial charge in [-0.2, -0.15) is 8.78 Å². The topological polar surface area (TPSA) is 56.3 Å². The maximum atomic E-state index is 12.4. The van der Waals surface area contributed by atoms with E-state index in [-0.39, 0.29) is 23.5 Å². The number of esters is 1. The molecule has 2 aromatic rings. The molecule has 0 saturated heterocycles. The molecular formula is C16H15F2NO3S2. The van der Waals surface area contributed by atoms with Crippen molar-refractivity contribution in [1.29, 1.82) is 0 Å². The normalized spacial score (nSPS) is 11.8. The predicted octanol–water partition coefficient (Wildman–Crippen LogP) is 4.34. The van der Waals surface area contributed by atoms with Gasteiger partial charge < -0.3 is 4.74 Å². The highest BCUT2D eigenvalue weighted by atomic mass is 32.2. The van der Waals surface area contributed by atoms with Gasteiger partial charge in [-0.1, -0.05) is 29.5 Å². The van der Waals surface area contributed by atoms with Crippen LogP contribution < -0.4 is 0 Å². The molecule has 0 bridgehead atoms. The van der Waals surface area contributed by atoms with Crippen molar-refractivity contribution < 1.29 is 22.5 Å². The Kier molecular flexibility index (Phi) is 6.33.